The monoisotopic (exact) mass is 291 g/mol. The second-order valence-electron chi connectivity index (χ2n) is 4.32. The quantitative estimate of drug-likeness (QED) is 0.852. The van der Waals surface area contributed by atoms with Gasteiger partial charge in [-0.25, -0.2) is 4.98 Å². The number of benzene rings is 1. The second kappa shape index (κ2) is 5.68. The van der Waals surface area contributed by atoms with E-state index in [1.165, 1.54) is 0 Å². The number of hydrogen-bond acceptors (Lipinski definition) is 3. The Bertz CT molecular complexity index is 643. The van der Waals surface area contributed by atoms with E-state index in [0.29, 0.717) is 5.02 Å². The molecule has 19 heavy (non-hydrogen) atoms. The molecule has 0 aliphatic carbocycles. The molecule has 0 fully saturated rings. The number of aromatic nitrogens is 2. The van der Waals surface area contributed by atoms with E-state index in [0.717, 1.165) is 21.4 Å². The Morgan fingerprint density at radius 2 is 2.21 bits per heavy atom. The van der Waals surface area contributed by atoms with Gasteiger partial charge in [-0.2, -0.15) is 5.26 Å². The van der Waals surface area contributed by atoms with E-state index >= 15 is 0 Å². The van der Waals surface area contributed by atoms with Crippen LogP contribution < -0.4 is 0 Å². The molecule has 2 aromatic rings. The standard InChI is InChI=1S/C14H14ClN3S/c1-9(8-16)13-14(18(3)10(2)17-13)19-12-6-4-5-11(15)7-12/h4-7,9H,1-3H3. The van der Waals surface area contributed by atoms with E-state index in [9.17, 15) is 0 Å². The van der Waals surface area contributed by atoms with Crippen molar-refractivity contribution in [2.24, 2.45) is 7.05 Å². The molecule has 0 radical (unpaired) electrons. The number of nitrogens with zero attached hydrogens (tertiary/aromatic N) is 3. The zero-order valence-corrected chi connectivity index (χ0v) is 12.6. The summed E-state index contributed by atoms with van der Waals surface area (Å²) in [6, 6.07) is 9.92. The molecule has 0 aliphatic heterocycles. The number of aryl methyl sites for hydroxylation is 1. The fraction of sp³-hybridized carbons (Fsp3) is 0.286. The Labute approximate surface area is 122 Å². The highest BCUT2D eigenvalue weighted by atomic mass is 35.5. The molecule has 0 saturated heterocycles. The van der Waals surface area contributed by atoms with E-state index in [1.807, 2.05) is 49.7 Å². The average Bonchev–Trinajstić information content (AvgIpc) is 2.66. The van der Waals surface area contributed by atoms with Gasteiger partial charge in [0.2, 0.25) is 0 Å². The van der Waals surface area contributed by atoms with E-state index in [4.69, 9.17) is 16.9 Å². The molecule has 3 nitrogen and oxygen atoms in total. The van der Waals surface area contributed by atoms with Crippen molar-refractivity contribution in [3.05, 3.63) is 40.8 Å². The van der Waals surface area contributed by atoms with Crippen molar-refractivity contribution < 1.29 is 0 Å². The van der Waals surface area contributed by atoms with Gasteiger partial charge in [-0.15, -0.1) is 0 Å². The first-order valence-corrected chi connectivity index (χ1v) is 7.08. The van der Waals surface area contributed by atoms with Crippen molar-refractivity contribution in [3.63, 3.8) is 0 Å². The van der Waals surface area contributed by atoms with Crippen molar-refractivity contribution >= 4 is 23.4 Å². The van der Waals surface area contributed by atoms with Crippen LogP contribution in [0.25, 0.3) is 0 Å². The molecule has 2 rings (SSSR count). The molecule has 1 heterocycles. The summed E-state index contributed by atoms with van der Waals surface area (Å²) < 4.78 is 2.01. The highest BCUT2D eigenvalue weighted by molar-refractivity contribution is 7.99. The van der Waals surface area contributed by atoms with E-state index in [1.54, 1.807) is 11.8 Å². The number of imidazole rings is 1. The minimum absolute atomic E-state index is 0.221. The van der Waals surface area contributed by atoms with Crippen molar-refractivity contribution in [1.29, 1.82) is 5.26 Å². The van der Waals surface area contributed by atoms with Crippen molar-refractivity contribution in [2.45, 2.75) is 29.7 Å². The van der Waals surface area contributed by atoms with Gasteiger partial charge in [0.05, 0.1) is 17.7 Å². The maximum absolute atomic E-state index is 9.09. The van der Waals surface area contributed by atoms with Crippen LogP contribution in [-0.4, -0.2) is 9.55 Å². The smallest absolute Gasteiger partial charge is 0.106 e. The summed E-state index contributed by atoms with van der Waals surface area (Å²) >= 11 is 7.58. The van der Waals surface area contributed by atoms with Crippen LogP contribution in [0, 0.1) is 18.3 Å². The lowest BCUT2D eigenvalue weighted by Gasteiger charge is -2.07. The van der Waals surface area contributed by atoms with Gasteiger partial charge in [-0.05, 0) is 32.0 Å². The SMILES string of the molecule is Cc1nc(C(C)C#N)c(Sc2cccc(Cl)c2)n1C. The molecule has 0 amide bonds. The summed E-state index contributed by atoms with van der Waals surface area (Å²) in [6.45, 7) is 3.80. The third-order valence-electron chi connectivity index (χ3n) is 2.91. The maximum Gasteiger partial charge on any atom is 0.106 e. The largest absolute Gasteiger partial charge is 0.326 e. The van der Waals surface area contributed by atoms with Crippen LogP contribution in [0.15, 0.2) is 34.2 Å². The summed E-state index contributed by atoms with van der Waals surface area (Å²) in [4.78, 5) is 5.53. The maximum atomic E-state index is 9.09. The molecule has 0 aliphatic rings. The van der Waals surface area contributed by atoms with Crippen molar-refractivity contribution in [1.82, 2.24) is 9.55 Å². The molecule has 5 heteroatoms. The summed E-state index contributed by atoms with van der Waals surface area (Å²) in [7, 11) is 1.96. The highest BCUT2D eigenvalue weighted by Crippen LogP contribution is 2.34. The van der Waals surface area contributed by atoms with E-state index < -0.39 is 0 Å². The Hall–Kier alpha value is -1.44. The van der Waals surface area contributed by atoms with Crippen LogP contribution in [0.2, 0.25) is 5.02 Å². The summed E-state index contributed by atoms with van der Waals surface area (Å²) in [5.41, 5.74) is 0.826. The van der Waals surface area contributed by atoms with Gasteiger partial charge in [0, 0.05) is 17.0 Å². The molecule has 0 bridgehead atoms. The molecule has 1 atom stereocenters. The Kier molecular flexibility index (Phi) is 4.18. The van der Waals surface area contributed by atoms with Crippen LogP contribution in [0.5, 0.6) is 0 Å². The average molecular weight is 292 g/mol. The van der Waals surface area contributed by atoms with Gasteiger partial charge in [-0.1, -0.05) is 29.4 Å². The molecule has 1 unspecified atom stereocenters. The Morgan fingerprint density at radius 1 is 1.47 bits per heavy atom. The molecular weight excluding hydrogens is 278 g/mol. The molecule has 0 N–H and O–H groups in total. The topological polar surface area (TPSA) is 41.6 Å². The number of halogens is 1. The van der Waals surface area contributed by atoms with Crippen LogP contribution in [0.3, 0.4) is 0 Å². The Morgan fingerprint density at radius 3 is 2.84 bits per heavy atom. The fourth-order valence-corrected chi connectivity index (χ4v) is 3.13. The number of nitriles is 1. The van der Waals surface area contributed by atoms with Gasteiger partial charge >= 0.3 is 0 Å². The first-order valence-electron chi connectivity index (χ1n) is 5.89. The summed E-state index contributed by atoms with van der Waals surface area (Å²) in [5.74, 6) is 0.684. The van der Waals surface area contributed by atoms with Crippen molar-refractivity contribution in [2.75, 3.05) is 0 Å². The van der Waals surface area contributed by atoms with Gasteiger partial charge in [-0.3, -0.25) is 0 Å². The van der Waals surface area contributed by atoms with Crippen LogP contribution in [0.1, 0.15) is 24.4 Å². The van der Waals surface area contributed by atoms with E-state index in [-0.39, 0.29) is 5.92 Å². The number of hydrogen-bond donors (Lipinski definition) is 0. The normalized spacial score (nSPS) is 12.2. The molecule has 0 spiro atoms. The molecule has 98 valence electrons. The molecule has 1 aromatic heterocycles. The third kappa shape index (κ3) is 2.94. The lowest BCUT2D eigenvalue weighted by Crippen LogP contribution is -1.96. The third-order valence-corrected chi connectivity index (χ3v) is 4.31. The molecule has 0 saturated carbocycles. The minimum atomic E-state index is -0.221. The van der Waals surface area contributed by atoms with Crippen LogP contribution in [0.4, 0.5) is 0 Å². The first kappa shape index (κ1) is 14.0. The Balaban J connectivity index is 2.42. The van der Waals surface area contributed by atoms with Gasteiger partial charge in [0.15, 0.2) is 0 Å². The predicted molar refractivity (Wildman–Crippen MR) is 77.5 cm³/mol. The van der Waals surface area contributed by atoms with Crippen LogP contribution in [-0.2, 0) is 7.05 Å². The fourth-order valence-electron chi connectivity index (χ4n) is 1.72. The zero-order valence-electron chi connectivity index (χ0n) is 11.0. The van der Waals surface area contributed by atoms with Crippen LogP contribution >= 0.6 is 23.4 Å². The van der Waals surface area contributed by atoms with Gasteiger partial charge < -0.3 is 4.57 Å². The predicted octanol–water partition coefficient (Wildman–Crippen LogP) is 4.16. The lowest BCUT2D eigenvalue weighted by atomic mass is 10.1. The highest BCUT2D eigenvalue weighted by Gasteiger charge is 2.18. The van der Waals surface area contributed by atoms with E-state index in [2.05, 4.69) is 11.1 Å². The zero-order chi connectivity index (χ0) is 14.0. The lowest BCUT2D eigenvalue weighted by molar-refractivity contribution is 0.772. The summed E-state index contributed by atoms with van der Waals surface area (Å²) in [6.07, 6.45) is 0. The number of rotatable bonds is 3. The van der Waals surface area contributed by atoms with Gasteiger partial charge in [0.25, 0.3) is 0 Å². The second-order valence-corrected chi connectivity index (χ2v) is 5.82. The summed E-state index contributed by atoms with van der Waals surface area (Å²) in [5, 5.41) is 10.8. The first-order chi connectivity index (χ1) is 9.02. The van der Waals surface area contributed by atoms with Crippen molar-refractivity contribution in [3.8, 4) is 6.07 Å². The molecular formula is C14H14ClN3S. The van der Waals surface area contributed by atoms with Gasteiger partial charge in [0.1, 0.15) is 10.9 Å². The minimum Gasteiger partial charge on any atom is -0.326 e. The molecule has 1 aromatic carbocycles.